The summed E-state index contributed by atoms with van der Waals surface area (Å²) in [6.45, 7) is 6.45. The van der Waals surface area contributed by atoms with Crippen molar-refractivity contribution in [2.45, 2.75) is 51.9 Å². The number of thioether (sulfide) groups is 1. The largest absolute Gasteiger partial charge is 0.318 e. The molecule has 1 aliphatic heterocycles. The van der Waals surface area contributed by atoms with Crippen LogP contribution in [0.2, 0.25) is 0 Å². The summed E-state index contributed by atoms with van der Waals surface area (Å²) >= 11 is 1.90. The van der Waals surface area contributed by atoms with Crippen LogP contribution < -0.4 is 5.32 Å². The molecule has 1 aliphatic rings. The minimum atomic E-state index is -0.0331. The average molecular weight is 306 g/mol. The van der Waals surface area contributed by atoms with Gasteiger partial charge in [0.15, 0.2) is 0 Å². The fourth-order valence-corrected chi connectivity index (χ4v) is 3.61. The molecular weight excluding hydrogens is 280 g/mol. The van der Waals surface area contributed by atoms with Gasteiger partial charge >= 0.3 is 0 Å². The number of hydrogen-bond acceptors (Lipinski definition) is 3. The van der Waals surface area contributed by atoms with Crippen LogP contribution in [0.4, 0.5) is 0 Å². The van der Waals surface area contributed by atoms with Crippen molar-refractivity contribution < 1.29 is 4.79 Å². The Labute approximate surface area is 132 Å². The van der Waals surface area contributed by atoms with E-state index in [0.29, 0.717) is 0 Å². The molecule has 1 aromatic rings. The highest BCUT2D eigenvalue weighted by atomic mass is 32.2. The Morgan fingerprint density at radius 2 is 2.00 bits per heavy atom. The summed E-state index contributed by atoms with van der Waals surface area (Å²) < 4.78 is 0. The summed E-state index contributed by atoms with van der Waals surface area (Å²) in [6, 6.07) is 10.5. The molecule has 21 heavy (non-hydrogen) atoms. The second-order valence-corrected chi connectivity index (χ2v) is 6.89. The zero-order chi connectivity index (χ0) is 15.2. The SMILES string of the molecule is CCCC1NC(c2ccccc2)N(C(C)CSCC)C1=O. The first-order valence-electron chi connectivity index (χ1n) is 7.89. The first-order valence-corrected chi connectivity index (χ1v) is 9.05. The van der Waals surface area contributed by atoms with Gasteiger partial charge in [0.1, 0.15) is 6.17 Å². The van der Waals surface area contributed by atoms with E-state index in [0.717, 1.165) is 24.3 Å². The zero-order valence-electron chi connectivity index (χ0n) is 13.2. The van der Waals surface area contributed by atoms with Crippen LogP contribution >= 0.6 is 11.8 Å². The van der Waals surface area contributed by atoms with Gasteiger partial charge in [-0.25, -0.2) is 0 Å². The molecule has 2 rings (SSSR count). The molecule has 1 saturated heterocycles. The van der Waals surface area contributed by atoms with Crippen molar-refractivity contribution in [3.05, 3.63) is 35.9 Å². The van der Waals surface area contributed by atoms with Gasteiger partial charge < -0.3 is 4.90 Å². The highest BCUT2D eigenvalue weighted by Crippen LogP contribution is 2.29. The fourth-order valence-electron chi connectivity index (χ4n) is 2.88. The Morgan fingerprint density at radius 3 is 2.62 bits per heavy atom. The number of nitrogens with one attached hydrogen (secondary N) is 1. The maximum absolute atomic E-state index is 12.7. The third kappa shape index (κ3) is 3.80. The second kappa shape index (κ2) is 7.85. The molecule has 1 fully saturated rings. The molecule has 1 N–H and O–H groups in total. The number of hydrogen-bond donors (Lipinski definition) is 1. The molecule has 1 heterocycles. The number of amides is 1. The number of carbonyl (C=O) groups excluding carboxylic acids is 1. The topological polar surface area (TPSA) is 32.3 Å². The lowest BCUT2D eigenvalue weighted by molar-refractivity contribution is -0.131. The van der Waals surface area contributed by atoms with Gasteiger partial charge in [-0.3, -0.25) is 10.1 Å². The van der Waals surface area contributed by atoms with Gasteiger partial charge in [-0.2, -0.15) is 11.8 Å². The fraction of sp³-hybridized carbons (Fsp3) is 0.588. The monoisotopic (exact) mass is 306 g/mol. The molecule has 1 amide bonds. The van der Waals surface area contributed by atoms with Gasteiger partial charge in [0.25, 0.3) is 0 Å². The summed E-state index contributed by atoms with van der Waals surface area (Å²) in [7, 11) is 0. The van der Waals surface area contributed by atoms with Crippen LogP contribution in [0, 0.1) is 0 Å². The Bertz CT molecular complexity index is 451. The summed E-state index contributed by atoms with van der Waals surface area (Å²) in [4.78, 5) is 14.8. The molecule has 0 saturated carbocycles. The molecular formula is C17H26N2OS. The highest BCUT2D eigenvalue weighted by Gasteiger charge is 2.41. The van der Waals surface area contributed by atoms with E-state index in [2.05, 4.69) is 43.1 Å². The minimum Gasteiger partial charge on any atom is -0.318 e. The van der Waals surface area contributed by atoms with E-state index in [1.165, 1.54) is 5.56 Å². The minimum absolute atomic E-state index is 0.0164. The predicted octanol–water partition coefficient (Wildman–Crippen LogP) is 3.43. The summed E-state index contributed by atoms with van der Waals surface area (Å²) in [6.07, 6.45) is 1.95. The molecule has 0 aliphatic carbocycles. The van der Waals surface area contributed by atoms with E-state index >= 15 is 0 Å². The van der Waals surface area contributed by atoms with Gasteiger partial charge in [0.05, 0.1) is 6.04 Å². The van der Waals surface area contributed by atoms with Gasteiger partial charge in [-0.1, -0.05) is 50.6 Å². The number of benzene rings is 1. The van der Waals surface area contributed by atoms with Crippen molar-refractivity contribution >= 4 is 17.7 Å². The third-order valence-electron chi connectivity index (χ3n) is 3.92. The van der Waals surface area contributed by atoms with Crippen LogP contribution in [0.5, 0.6) is 0 Å². The number of rotatable bonds is 7. The van der Waals surface area contributed by atoms with Crippen LogP contribution in [0.15, 0.2) is 30.3 Å². The van der Waals surface area contributed by atoms with Crippen molar-refractivity contribution in [3.63, 3.8) is 0 Å². The van der Waals surface area contributed by atoms with Gasteiger partial charge in [0, 0.05) is 11.8 Å². The van der Waals surface area contributed by atoms with Crippen LogP contribution in [-0.2, 0) is 4.79 Å². The van der Waals surface area contributed by atoms with Crippen molar-refractivity contribution in [1.29, 1.82) is 0 Å². The maximum Gasteiger partial charge on any atom is 0.241 e. The molecule has 3 nitrogen and oxygen atoms in total. The van der Waals surface area contributed by atoms with E-state index < -0.39 is 0 Å². The van der Waals surface area contributed by atoms with Crippen LogP contribution in [0.25, 0.3) is 0 Å². The summed E-state index contributed by atoms with van der Waals surface area (Å²) in [5, 5.41) is 3.53. The van der Waals surface area contributed by atoms with E-state index in [-0.39, 0.29) is 24.2 Å². The standard InChI is InChI=1S/C17H26N2OS/c1-4-9-15-17(20)19(13(3)12-21-5-2)16(18-15)14-10-7-6-8-11-14/h6-8,10-11,13,15-16,18H,4-5,9,12H2,1-3H3. The number of nitrogens with zero attached hydrogens (tertiary/aromatic N) is 1. The molecule has 0 bridgehead atoms. The molecule has 0 aromatic heterocycles. The van der Waals surface area contributed by atoms with Gasteiger partial charge in [-0.05, 0) is 24.7 Å². The van der Waals surface area contributed by atoms with Gasteiger partial charge in [-0.15, -0.1) is 0 Å². The maximum atomic E-state index is 12.7. The second-order valence-electron chi connectivity index (χ2n) is 5.58. The Balaban J connectivity index is 2.20. The molecule has 0 spiro atoms. The Kier molecular flexibility index (Phi) is 6.12. The predicted molar refractivity (Wildman–Crippen MR) is 90.3 cm³/mol. The van der Waals surface area contributed by atoms with Crippen LogP contribution in [-0.4, -0.2) is 34.4 Å². The smallest absolute Gasteiger partial charge is 0.241 e. The first-order chi connectivity index (χ1) is 10.2. The van der Waals surface area contributed by atoms with Crippen molar-refractivity contribution in [3.8, 4) is 0 Å². The van der Waals surface area contributed by atoms with Crippen molar-refractivity contribution in [2.75, 3.05) is 11.5 Å². The van der Waals surface area contributed by atoms with Crippen LogP contribution in [0.3, 0.4) is 0 Å². The Morgan fingerprint density at radius 1 is 1.29 bits per heavy atom. The molecule has 116 valence electrons. The highest BCUT2D eigenvalue weighted by molar-refractivity contribution is 7.99. The van der Waals surface area contributed by atoms with Gasteiger partial charge in [0.2, 0.25) is 5.91 Å². The molecule has 1 aromatic carbocycles. The zero-order valence-corrected chi connectivity index (χ0v) is 14.0. The number of carbonyl (C=O) groups is 1. The lowest BCUT2D eigenvalue weighted by Gasteiger charge is -2.30. The van der Waals surface area contributed by atoms with Crippen molar-refractivity contribution in [1.82, 2.24) is 10.2 Å². The molecule has 3 atom stereocenters. The third-order valence-corrected chi connectivity index (χ3v) is 5.05. The average Bonchev–Trinajstić information content (AvgIpc) is 2.83. The van der Waals surface area contributed by atoms with E-state index in [4.69, 9.17) is 0 Å². The summed E-state index contributed by atoms with van der Waals surface area (Å²) in [5.74, 6) is 2.34. The lowest BCUT2D eigenvalue weighted by atomic mass is 10.1. The normalized spacial score (nSPS) is 23.6. The molecule has 0 radical (unpaired) electrons. The first kappa shape index (κ1) is 16.4. The summed E-state index contributed by atoms with van der Waals surface area (Å²) in [5.41, 5.74) is 1.18. The molecule has 4 heteroatoms. The van der Waals surface area contributed by atoms with Crippen LogP contribution in [0.1, 0.15) is 45.3 Å². The van der Waals surface area contributed by atoms with E-state index in [9.17, 15) is 4.79 Å². The quantitative estimate of drug-likeness (QED) is 0.837. The van der Waals surface area contributed by atoms with E-state index in [1.807, 2.05) is 30.0 Å². The van der Waals surface area contributed by atoms with Crippen molar-refractivity contribution in [2.24, 2.45) is 0 Å². The van der Waals surface area contributed by atoms with E-state index in [1.54, 1.807) is 0 Å². The lowest BCUT2D eigenvalue weighted by Crippen LogP contribution is -2.40. The Hall–Kier alpha value is -1.00. The molecule has 3 unspecified atom stereocenters.